The van der Waals surface area contributed by atoms with Crippen LogP contribution >= 0.6 is 0 Å². The number of ether oxygens (including phenoxy) is 4. The number of benzene rings is 1. The van der Waals surface area contributed by atoms with Gasteiger partial charge >= 0.3 is 0 Å². The van der Waals surface area contributed by atoms with Crippen molar-refractivity contribution in [3.8, 4) is 17.2 Å². The molecule has 1 N–H and O–H groups in total. The Bertz CT molecular complexity index is 745. The molecule has 1 aromatic carbocycles. The Morgan fingerprint density at radius 3 is 2.82 bits per heavy atom. The number of aliphatic hydroxyl groups excluding tert-OH is 1. The molecule has 6 nitrogen and oxygen atoms in total. The molecule has 3 aliphatic rings. The quantitative estimate of drug-likeness (QED) is 0.798. The van der Waals surface area contributed by atoms with Crippen molar-refractivity contribution in [1.82, 2.24) is 0 Å². The summed E-state index contributed by atoms with van der Waals surface area (Å²) in [7, 11) is 6.19. The molecule has 156 valence electrons. The van der Waals surface area contributed by atoms with Crippen molar-refractivity contribution in [1.29, 1.82) is 0 Å². The van der Waals surface area contributed by atoms with Gasteiger partial charge in [0.1, 0.15) is 6.04 Å². The van der Waals surface area contributed by atoms with Gasteiger partial charge in [-0.1, -0.05) is 0 Å². The molecule has 0 bridgehead atoms. The summed E-state index contributed by atoms with van der Waals surface area (Å²) in [6.07, 6.45) is 3.10. The fourth-order valence-electron chi connectivity index (χ4n) is 5.20. The second-order valence-electron chi connectivity index (χ2n) is 9.65. The number of nitrogens with zero attached hydrogens (tertiary/aromatic N) is 1. The van der Waals surface area contributed by atoms with Gasteiger partial charge in [-0.15, -0.1) is 0 Å². The number of aliphatic hydroxyl groups is 1. The third-order valence-corrected chi connectivity index (χ3v) is 6.83. The van der Waals surface area contributed by atoms with Gasteiger partial charge in [0.25, 0.3) is 0 Å². The van der Waals surface area contributed by atoms with Crippen LogP contribution in [-0.2, 0) is 11.2 Å². The van der Waals surface area contributed by atoms with Crippen LogP contribution in [0.5, 0.6) is 17.2 Å². The van der Waals surface area contributed by atoms with Crippen molar-refractivity contribution in [3.63, 3.8) is 0 Å². The van der Waals surface area contributed by atoms with E-state index in [4.69, 9.17) is 18.9 Å². The molecule has 3 atom stereocenters. The summed E-state index contributed by atoms with van der Waals surface area (Å²) in [6, 6.07) is 2.25. The number of rotatable bonds is 4. The molecule has 3 heterocycles. The fourth-order valence-corrected chi connectivity index (χ4v) is 5.20. The maximum Gasteiger partial charge on any atom is 0.231 e. The predicted octanol–water partition coefficient (Wildman–Crippen LogP) is 3.05. The van der Waals surface area contributed by atoms with Gasteiger partial charge in [0.2, 0.25) is 12.5 Å². The van der Waals surface area contributed by atoms with Crippen LogP contribution in [0.1, 0.15) is 50.3 Å². The Morgan fingerprint density at radius 2 is 2.11 bits per heavy atom. The third-order valence-electron chi connectivity index (χ3n) is 6.83. The first kappa shape index (κ1) is 19.8. The highest BCUT2D eigenvalue weighted by molar-refractivity contribution is 5.61. The lowest BCUT2D eigenvalue weighted by Gasteiger charge is -2.45. The molecule has 0 saturated carbocycles. The lowest BCUT2D eigenvalue weighted by atomic mass is 9.79. The van der Waals surface area contributed by atoms with Crippen LogP contribution in [0.4, 0.5) is 0 Å². The summed E-state index contributed by atoms with van der Waals surface area (Å²) in [5.74, 6) is 2.51. The second-order valence-corrected chi connectivity index (χ2v) is 9.65. The predicted molar refractivity (Wildman–Crippen MR) is 106 cm³/mol. The number of hydrogen-bond donors (Lipinski definition) is 1. The van der Waals surface area contributed by atoms with Crippen molar-refractivity contribution in [2.45, 2.75) is 57.3 Å². The van der Waals surface area contributed by atoms with E-state index in [1.807, 2.05) is 0 Å². The number of fused-ring (bicyclic) bond motifs is 2. The van der Waals surface area contributed by atoms with Crippen LogP contribution in [-0.4, -0.2) is 62.4 Å². The molecule has 28 heavy (non-hydrogen) atoms. The number of hydrogen-bond acceptors (Lipinski definition) is 5. The third kappa shape index (κ3) is 3.46. The van der Waals surface area contributed by atoms with Crippen molar-refractivity contribution in [3.05, 3.63) is 17.2 Å². The minimum absolute atomic E-state index is 0.147. The molecule has 0 spiro atoms. The van der Waals surface area contributed by atoms with Gasteiger partial charge in [0.15, 0.2) is 11.5 Å². The summed E-state index contributed by atoms with van der Waals surface area (Å²) in [5, 5.41) is 11.2. The number of quaternary nitrogens is 1. The van der Waals surface area contributed by atoms with E-state index in [1.54, 1.807) is 7.11 Å². The first-order valence-electron chi connectivity index (χ1n) is 10.4. The van der Waals surface area contributed by atoms with Crippen molar-refractivity contribution in [2.24, 2.45) is 5.92 Å². The Balaban J connectivity index is 1.67. The summed E-state index contributed by atoms with van der Waals surface area (Å²) < 4.78 is 23.8. The first-order valence-corrected chi connectivity index (χ1v) is 10.4. The Morgan fingerprint density at radius 1 is 1.32 bits per heavy atom. The normalized spacial score (nSPS) is 28.5. The zero-order valence-corrected chi connectivity index (χ0v) is 17.8. The van der Waals surface area contributed by atoms with Gasteiger partial charge in [0, 0.05) is 19.4 Å². The Labute approximate surface area is 167 Å². The van der Waals surface area contributed by atoms with Gasteiger partial charge in [-0.2, -0.15) is 0 Å². The highest BCUT2D eigenvalue weighted by Gasteiger charge is 2.44. The summed E-state index contributed by atoms with van der Waals surface area (Å²) >= 11 is 0. The van der Waals surface area contributed by atoms with E-state index in [-0.39, 0.29) is 30.5 Å². The van der Waals surface area contributed by atoms with E-state index in [0.29, 0.717) is 12.2 Å². The molecule has 0 unspecified atom stereocenters. The smallest absolute Gasteiger partial charge is 0.231 e. The van der Waals surface area contributed by atoms with E-state index in [9.17, 15) is 5.11 Å². The van der Waals surface area contributed by atoms with Crippen LogP contribution in [0.25, 0.3) is 0 Å². The zero-order chi connectivity index (χ0) is 20.1. The average Bonchev–Trinajstić information content (AvgIpc) is 3.09. The topological polar surface area (TPSA) is 57.2 Å². The number of methoxy groups -OCH3 is 1. The zero-order valence-electron chi connectivity index (χ0n) is 17.8. The highest BCUT2D eigenvalue weighted by Crippen LogP contribution is 2.52. The minimum Gasteiger partial charge on any atom is -0.492 e. The molecule has 3 aliphatic heterocycles. The molecule has 0 amide bonds. The van der Waals surface area contributed by atoms with Crippen LogP contribution in [0.15, 0.2) is 6.07 Å². The standard InChI is InChI=1S/C22H34NO5/c1-22(2)12-15(7-9-28-22)17(24)11-16-19-14(6-8-23(16,3)4)10-18-20(21(19)25-5)27-13-26-18/h10,15-17,24H,6-9,11-13H2,1-5H3/q+1/t15-,16-,17+/m0/s1. The van der Waals surface area contributed by atoms with Crippen molar-refractivity contribution >= 4 is 0 Å². The van der Waals surface area contributed by atoms with Gasteiger partial charge in [0.05, 0.1) is 45.0 Å². The minimum atomic E-state index is -0.369. The molecule has 6 heteroatoms. The van der Waals surface area contributed by atoms with Crippen molar-refractivity contribution in [2.75, 3.05) is 41.1 Å². The van der Waals surface area contributed by atoms with Gasteiger partial charge < -0.3 is 28.5 Å². The van der Waals surface area contributed by atoms with Crippen LogP contribution in [0.3, 0.4) is 0 Å². The van der Waals surface area contributed by atoms with Crippen LogP contribution in [0.2, 0.25) is 0 Å². The first-order chi connectivity index (χ1) is 13.2. The SMILES string of the molecule is COc1c2c(cc3c1[C@H](C[C@@H](O)[C@H]1CCOC(C)(C)C1)[N+](C)(C)CC3)OCO2. The number of likely N-dealkylation sites (N-methyl/N-ethyl adjacent to an activating group) is 1. The van der Waals surface area contributed by atoms with E-state index >= 15 is 0 Å². The fraction of sp³-hybridized carbons (Fsp3) is 0.727. The molecule has 0 aromatic heterocycles. The lowest BCUT2D eigenvalue weighted by molar-refractivity contribution is -0.924. The highest BCUT2D eigenvalue weighted by atomic mass is 16.7. The second kappa shape index (κ2) is 7.08. The molecule has 1 aromatic rings. The summed E-state index contributed by atoms with van der Waals surface area (Å²) in [5.41, 5.74) is 2.26. The average molecular weight is 393 g/mol. The Kier molecular flexibility index (Phi) is 5.01. The molecule has 0 aliphatic carbocycles. The molecule has 0 radical (unpaired) electrons. The van der Waals surface area contributed by atoms with E-state index < -0.39 is 0 Å². The lowest BCUT2D eigenvalue weighted by Crippen LogP contribution is -2.50. The summed E-state index contributed by atoms with van der Waals surface area (Å²) in [4.78, 5) is 0. The molecular formula is C22H34NO5+. The van der Waals surface area contributed by atoms with Gasteiger partial charge in [-0.25, -0.2) is 0 Å². The van der Waals surface area contributed by atoms with Gasteiger partial charge in [-0.3, -0.25) is 0 Å². The van der Waals surface area contributed by atoms with Crippen LogP contribution in [0, 0.1) is 5.92 Å². The molecule has 1 saturated heterocycles. The Hall–Kier alpha value is -1.50. The van der Waals surface area contributed by atoms with Crippen molar-refractivity contribution < 1.29 is 28.5 Å². The monoisotopic (exact) mass is 392 g/mol. The molecule has 4 rings (SSSR count). The largest absolute Gasteiger partial charge is 0.492 e. The van der Waals surface area contributed by atoms with Gasteiger partial charge in [-0.05, 0) is 44.2 Å². The van der Waals surface area contributed by atoms with E-state index in [2.05, 4.69) is 34.0 Å². The van der Waals surface area contributed by atoms with Crippen LogP contribution < -0.4 is 14.2 Å². The molecular weight excluding hydrogens is 358 g/mol. The summed E-state index contributed by atoms with van der Waals surface area (Å²) in [6.45, 7) is 6.21. The maximum absolute atomic E-state index is 11.2. The van der Waals surface area contributed by atoms with E-state index in [1.165, 1.54) is 11.1 Å². The maximum atomic E-state index is 11.2. The van der Waals surface area contributed by atoms with E-state index in [0.717, 1.165) is 48.4 Å². The molecule has 1 fully saturated rings.